The Morgan fingerprint density at radius 2 is 1.50 bits per heavy atom. The number of halogens is 1. The van der Waals surface area contributed by atoms with Crippen LogP contribution in [-0.2, 0) is 21.6 Å². The maximum atomic E-state index is 13.4. The van der Waals surface area contributed by atoms with E-state index < -0.39 is 20.3 Å². The molecule has 1 amide bonds. The van der Waals surface area contributed by atoms with Crippen LogP contribution in [0.25, 0.3) is 33.3 Å². The van der Waals surface area contributed by atoms with Gasteiger partial charge in [0, 0.05) is 36.2 Å². The number of carbonyl (C=O) groups excluding carboxylic acids is 1. The van der Waals surface area contributed by atoms with Gasteiger partial charge in [-0.15, -0.1) is 0 Å². The third-order valence-electron chi connectivity index (χ3n) is 9.12. The Labute approximate surface area is 278 Å². The van der Waals surface area contributed by atoms with Crippen molar-refractivity contribution >= 4 is 42.4 Å². The fraction of sp³-hybridized carbons (Fsp3) is 0.308. The molecule has 6 rings (SSSR count). The molecule has 0 spiro atoms. The van der Waals surface area contributed by atoms with Crippen molar-refractivity contribution in [1.29, 1.82) is 0 Å². The van der Waals surface area contributed by atoms with Gasteiger partial charge in [0.2, 0.25) is 0 Å². The number of aromatic nitrogens is 1. The van der Waals surface area contributed by atoms with Crippen LogP contribution in [0.2, 0.25) is 30.7 Å². The molecule has 4 aromatic carbocycles. The van der Waals surface area contributed by atoms with Gasteiger partial charge < -0.3 is 14.0 Å². The lowest BCUT2D eigenvalue weighted by Crippen LogP contribution is -2.22. The number of para-hydroxylation sites is 1. The fourth-order valence-electron chi connectivity index (χ4n) is 5.92. The average molecular weight is 651 g/mol. The summed E-state index contributed by atoms with van der Waals surface area (Å²) < 4.78 is 14.3. The molecule has 1 N–H and O–H groups in total. The molecule has 1 aliphatic rings. The highest BCUT2D eigenvalue weighted by atomic mass is 35.5. The van der Waals surface area contributed by atoms with Crippen LogP contribution in [0.1, 0.15) is 43.9 Å². The van der Waals surface area contributed by atoms with E-state index in [9.17, 15) is 4.79 Å². The summed E-state index contributed by atoms with van der Waals surface area (Å²) in [4.78, 5) is 13.4. The van der Waals surface area contributed by atoms with Crippen molar-refractivity contribution < 1.29 is 14.3 Å². The lowest BCUT2D eigenvalue weighted by Gasteiger charge is -2.18. The van der Waals surface area contributed by atoms with Crippen molar-refractivity contribution in [3.05, 3.63) is 113 Å². The van der Waals surface area contributed by atoms with Gasteiger partial charge in [-0.3, -0.25) is 5.32 Å². The normalized spacial score (nSPS) is 14.7. The molecule has 5 aromatic rings. The molecule has 1 fully saturated rings. The fourth-order valence-corrected chi connectivity index (χ4v) is 6.97. The van der Waals surface area contributed by atoms with E-state index in [-0.39, 0.29) is 0 Å². The van der Waals surface area contributed by atoms with Crippen molar-refractivity contribution in [1.82, 2.24) is 4.57 Å². The molecule has 1 aromatic heterocycles. The maximum absolute atomic E-state index is 13.4. The lowest BCUT2D eigenvalue weighted by atomic mass is 9.95. The highest BCUT2D eigenvalue weighted by Crippen LogP contribution is 2.48. The van der Waals surface area contributed by atoms with Crippen LogP contribution in [0.3, 0.4) is 0 Å². The minimum Gasteiger partial charge on any atom is -0.441 e. The summed E-state index contributed by atoms with van der Waals surface area (Å²) >= 11 is 6.40. The minimum atomic E-state index is -1.26. The Balaban J connectivity index is 1.34. The second kappa shape index (κ2) is 13.1. The maximum Gasteiger partial charge on any atom is 0.412 e. The van der Waals surface area contributed by atoms with E-state index in [1.54, 1.807) is 6.07 Å². The summed E-state index contributed by atoms with van der Waals surface area (Å²) in [6, 6.07) is 34.1. The second-order valence-corrected chi connectivity index (χ2v) is 20.0. The number of rotatable bonds is 11. The predicted octanol–water partition coefficient (Wildman–Crippen LogP) is 11.3. The first kappa shape index (κ1) is 32.1. The zero-order chi connectivity index (χ0) is 32.5. The number of amides is 1. The highest BCUT2D eigenvalue weighted by Gasteiger charge is 2.38. The number of nitrogens with zero attached hydrogens (tertiary/aromatic N) is 1. The predicted molar refractivity (Wildman–Crippen MR) is 193 cm³/mol. The molecule has 0 bridgehead atoms. The van der Waals surface area contributed by atoms with Gasteiger partial charge in [-0.1, -0.05) is 123 Å². The van der Waals surface area contributed by atoms with Gasteiger partial charge in [0.25, 0.3) is 0 Å². The number of benzene rings is 4. The number of anilines is 1. The van der Waals surface area contributed by atoms with Crippen LogP contribution in [0.5, 0.6) is 0 Å². The first-order valence-corrected chi connectivity index (χ1v) is 20.2. The molecule has 1 aliphatic carbocycles. The first-order chi connectivity index (χ1) is 22.0. The quantitative estimate of drug-likeness (QED) is 0.114. The third-order valence-corrected chi connectivity index (χ3v) is 11.2. The molecule has 1 heterocycles. The molecular formula is C39H43ClN2O3Si. The number of hydrogen-bond donors (Lipinski definition) is 1. The van der Waals surface area contributed by atoms with Crippen molar-refractivity contribution in [3.8, 4) is 22.4 Å². The molecule has 0 unspecified atom stereocenters. The molecule has 0 saturated heterocycles. The second-order valence-electron chi connectivity index (χ2n) is 13.9. The standard InChI is InChI=1S/C39H43ClN2O3Si/c1-27(32-10-6-8-12-34(32)40)45-38(43)41-36-33-11-7-9-13-35(33)42(26-44-24-25-46(3,4)5)37(36)30-16-14-28(15-17-30)29-18-20-31(21-19-29)39(2)22-23-39/h6-21,27H,22-26H2,1-5H3,(H,41,43)/t27-/m1/s1. The minimum absolute atomic E-state index is 0.350. The SMILES string of the molecule is C[C@@H](OC(=O)Nc1c(-c2ccc(-c3ccc(C4(C)CC4)cc3)cc2)n(COCC[Si](C)(C)C)c2ccccc12)c1ccccc1Cl. The van der Waals surface area contributed by atoms with Gasteiger partial charge in [0.15, 0.2) is 0 Å². The largest absolute Gasteiger partial charge is 0.441 e. The Kier molecular flexibility index (Phi) is 9.15. The average Bonchev–Trinajstić information content (AvgIpc) is 3.72. The van der Waals surface area contributed by atoms with E-state index in [1.165, 1.54) is 24.0 Å². The zero-order valence-corrected chi connectivity index (χ0v) is 29.2. The Hall–Kier alpha value is -3.84. The number of hydrogen-bond acceptors (Lipinski definition) is 3. The van der Waals surface area contributed by atoms with Crippen LogP contribution in [-0.4, -0.2) is 25.3 Å². The van der Waals surface area contributed by atoms with Crippen LogP contribution in [0.15, 0.2) is 97.1 Å². The summed E-state index contributed by atoms with van der Waals surface area (Å²) in [5.74, 6) is 0. The molecule has 46 heavy (non-hydrogen) atoms. The summed E-state index contributed by atoms with van der Waals surface area (Å²) in [5.41, 5.74) is 8.38. The van der Waals surface area contributed by atoms with E-state index in [0.29, 0.717) is 29.5 Å². The van der Waals surface area contributed by atoms with Crippen LogP contribution >= 0.6 is 11.6 Å². The monoisotopic (exact) mass is 650 g/mol. The summed E-state index contributed by atoms with van der Waals surface area (Å²) in [5, 5.41) is 4.59. The van der Waals surface area contributed by atoms with E-state index >= 15 is 0 Å². The summed E-state index contributed by atoms with van der Waals surface area (Å²) in [6.07, 6.45) is 1.46. The van der Waals surface area contributed by atoms with Crippen molar-refractivity contribution in [2.24, 2.45) is 0 Å². The van der Waals surface area contributed by atoms with Crippen molar-refractivity contribution in [2.75, 3.05) is 11.9 Å². The van der Waals surface area contributed by atoms with E-state index in [0.717, 1.165) is 39.3 Å². The first-order valence-electron chi connectivity index (χ1n) is 16.1. The van der Waals surface area contributed by atoms with Gasteiger partial charge in [-0.05, 0) is 60.0 Å². The van der Waals surface area contributed by atoms with Gasteiger partial charge in [0.05, 0.1) is 16.9 Å². The van der Waals surface area contributed by atoms with Crippen LogP contribution in [0.4, 0.5) is 10.5 Å². The van der Waals surface area contributed by atoms with Crippen LogP contribution in [0, 0.1) is 0 Å². The Morgan fingerprint density at radius 1 is 0.891 bits per heavy atom. The smallest absolute Gasteiger partial charge is 0.412 e. The van der Waals surface area contributed by atoms with E-state index in [4.69, 9.17) is 21.1 Å². The van der Waals surface area contributed by atoms with E-state index in [1.807, 2.05) is 43.3 Å². The highest BCUT2D eigenvalue weighted by molar-refractivity contribution is 6.76. The third kappa shape index (κ3) is 7.09. The van der Waals surface area contributed by atoms with Gasteiger partial charge in [-0.2, -0.15) is 0 Å². The number of nitrogens with one attached hydrogen (secondary N) is 1. The Morgan fingerprint density at radius 3 is 2.15 bits per heavy atom. The topological polar surface area (TPSA) is 52.5 Å². The number of ether oxygens (including phenoxy) is 2. The van der Waals surface area contributed by atoms with Crippen molar-refractivity contribution in [3.63, 3.8) is 0 Å². The van der Waals surface area contributed by atoms with Gasteiger partial charge >= 0.3 is 6.09 Å². The van der Waals surface area contributed by atoms with Crippen molar-refractivity contribution in [2.45, 2.75) is 70.6 Å². The molecule has 1 saturated carbocycles. The molecule has 7 heteroatoms. The number of carbonyl (C=O) groups is 1. The zero-order valence-electron chi connectivity index (χ0n) is 27.4. The lowest BCUT2D eigenvalue weighted by molar-refractivity contribution is 0.0913. The molecule has 1 atom stereocenters. The van der Waals surface area contributed by atoms with Crippen LogP contribution < -0.4 is 5.32 Å². The summed E-state index contributed by atoms with van der Waals surface area (Å²) in [6.45, 7) is 12.3. The van der Waals surface area contributed by atoms with E-state index in [2.05, 4.69) is 91.0 Å². The van der Waals surface area contributed by atoms with Gasteiger partial charge in [-0.25, -0.2) is 4.79 Å². The molecule has 5 nitrogen and oxygen atoms in total. The molecule has 0 radical (unpaired) electrons. The number of fused-ring (bicyclic) bond motifs is 1. The Bertz CT molecular complexity index is 1840. The summed E-state index contributed by atoms with van der Waals surface area (Å²) in [7, 11) is -1.26. The molecular weight excluding hydrogens is 608 g/mol. The van der Waals surface area contributed by atoms with Gasteiger partial charge in [0.1, 0.15) is 12.8 Å². The molecule has 0 aliphatic heterocycles. The molecule has 238 valence electrons.